The van der Waals surface area contributed by atoms with Crippen molar-refractivity contribution in [2.75, 3.05) is 26.2 Å². The molecule has 0 radical (unpaired) electrons. The van der Waals surface area contributed by atoms with Crippen molar-refractivity contribution >= 4 is 15.9 Å². The number of carbonyl (C=O) groups is 1. The maximum Gasteiger partial charge on any atom is 0.240 e. The molecule has 1 aliphatic rings. The van der Waals surface area contributed by atoms with E-state index in [1.165, 1.54) is 0 Å². The maximum absolute atomic E-state index is 12.3. The third-order valence-corrected chi connectivity index (χ3v) is 5.56. The third-order valence-electron chi connectivity index (χ3n) is 4.12. The molecule has 1 aliphatic heterocycles. The molecule has 23 heavy (non-hydrogen) atoms. The van der Waals surface area contributed by atoms with Gasteiger partial charge in [-0.25, -0.2) is 13.1 Å². The molecule has 7 heteroatoms. The standard InChI is InChI=1S/C16H25N3O3S/c1-13-4-6-15(7-5-13)23(21,22)18-11-14-3-2-10-19(12-14)16(20)8-9-17/h4-7,14,18H,2-3,8-12,17H2,1H3. The van der Waals surface area contributed by atoms with E-state index in [1.807, 2.05) is 6.92 Å². The molecular formula is C16H25N3O3S. The Morgan fingerprint density at radius 3 is 2.70 bits per heavy atom. The molecule has 3 N–H and O–H groups in total. The largest absolute Gasteiger partial charge is 0.342 e. The van der Waals surface area contributed by atoms with E-state index in [4.69, 9.17) is 5.73 Å². The monoisotopic (exact) mass is 339 g/mol. The van der Waals surface area contributed by atoms with Gasteiger partial charge in [0.1, 0.15) is 0 Å². The zero-order valence-corrected chi connectivity index (χ0v) is 14.3. The van der Waals surface area contributed by atoms with Gasteiger partial charge < -0.3 is 10.6 Å². The van der Waals surface area contributed by atoms with Gasteiger partial charge in [-0.15, -0.1) is 0 Å². The highest BCUT2D eigenvalue weighted by molar-refractivity contribution is 7.89. The van der Waals surface area contributed by atoms with Crippen LogP contribution in [0, 0.1) is 12.8 Å². The van der Waals surface area contributed by atoms with E-state index < -0.39 is 10.0 Å². The predicted molar refractivity (Wildman–Crippen MR) is 89.3 cm³/mol. The molecule has 1 saturated heterocycles. The highest BCUT2D eigenvalue weighted by Crippen LogP contribution is 2.18. The molecule has 1 fully saturated rings. The van der Waals surface area contributed by atoms with Gasteiger partial charge in [-0.05, 0) is 37.8 Å². The summed E-state index contributed by atoms with van der Waals surface area (Å²) in [6.07, 6.45) is 2.16. The number of benzene rings is 1. The molecule has 1 aromatic rings. The molecule has 128 valence electrons. The van der Waals surface area contributed by atoms with E-state index >= 15 is 0 Å². The van der Waals surface area contributed by atoms with Crippen LogP contribution in [0.5, 0.6) is 0 Å². The molecular weight excluding hydrogens is 314 g/mol. The van der Waals surface area contributed by atoms with Gasteiger partial charge in [0.25, 0.3) is 0 Å². The van der Waals surface area contributed by atoms with Crippen molar-refractivity contribution in [3.05, 3.63) is 29.8 Å². The Bertz CT molecular complexity index is 628. The number of nitrogens with two attached hydrogens (primary N) is 1. The van der Waals surface area contributed by atoms with Crippen LogP contribution >= 0.6 is 0 Å². The topological polar surface area (TPSA) is 92.5 Å². The quantitative estimate of drug-likeness (QED) is 0.804. The fourth-order valence-corrected chi connectivity index (χ4v) is 3.88. The third kappa shape index (κ3) is 5.02. The van der Waals surface area contributed by atoms with Crippen LogP contribution < -0.4 is 10.5 Å². The molecule has 0 bridgehead atoms. The van der Waals surface area contributed by atoms with Crippen LogP contribution in [0.15, 0.2) is 29.2 Å². The molecule has 1 unspecified atom stereocenters. The smallest absolute Gasteiger partial charge is 0.240 e. The number of hydrogen-bond donors (Lipinski definition) is 2. The molecule has 0 aromatic heterocycles. The molecule has 0 saturated carbocycles. The molecule has 0 spiro atoms. The van der Waals surface area contributed by atoms with Crippen molar-refractivity contribution in [3.8, 4) is 0 Å². The van der Waals surface area contributed by atoms with E-state index in [9.17, 15) is 13.2 Å². The minimum atomic E-state index is -3.50. The van der Waals surface area contributed by atoms with Gasteiger partial charge in [0.2, 0.25) is 15.9 Å². The van der Waals surface area contributed by atoms with Crippen LogP contribution in [0.1, 0.15) is 24.8 Å². The number of carbonyl (C=O) groups excluding carboxylic acids is 1. The minimum absolute atomic E-state index is 0.0543. The second-order valence-electron chi connectivity index (χ2n) is 6.05. The number of nitrogens with one attached hydrogen (secondary N) is 1. The number of hydrogen-bond acceptors (Lipinski definition) is 4. The number of nitrogens with zero attached hydrogens (tertiary/aromatic N) is 1. The minimum Gasteiger partial charge on any atom is -0.342 e. The molecule has 1 heterocycles. The average Bonchev–Trinajstić information content (AvgIpc) is 2.54. The number of rotatable bonds is 6. The summed E-state index contributed by atoms with van der Waals surface area (Å²) in [7, 11) is -3.50. The molecule has 1 amide bonds. The first-order valence-electron chi connectivity index (χ1n) is 7.96. The van der Waals surface area contributed by atoms with E-state index in [0.717, 1.165) is 24.9 Å². The lowest BCUT2D eigenvalue weighted by Crippen LogP contribution is -2.44. The van der Waals surface area contributed by atoms with Crippen molar-refractivity contribution < 1.29 is 13.2 Å². The average molecular weight is 339 g/mol. The Morgan fingerprint density at radius 2 is 2.04 bits per heavy atom. The van der Waals surface area contributed by atoms with Gasteiger partial charge in [-0.3, -0.25) is 4.79 Å². The summed E-state index contributed by atoms with van der Waals surface area (Å²) in [6, 6.07) is 6.77. The second-order valence-corrected chi connectivity index (χ2v) is 7.82. The van der Waals surface area contributed by atoms with Gasteiger partial charge in [0.15, 0.2) is 0 Å². The summed E-state index contributed by atoms with van der Waals surface area (Å²) in [5, 5.41) is 0. The summed E-state index contributed by atoms with van der Waals surface area (Å²) in [5.41, 5.74) is 6.44. The molecule has 6 nitrogen and oxygen atoms in total. The first kappa shape index (κ1) is 17.9. The van der Waals surface area contributed by atoms with Crippen molar-refractivity contribution in [3.63, 3.8) is 0 Å². The van der Waals surface area contributed by atoms with Crippen LogP contribution in [-0.4, -0.2) is 45.4 Å². The Labute approximate surface area is 138 Å². The first-order chi connectivity index (χ1) is 10.9. The molecule has 0 aliphatic carbocycles. The van der Waals surface area contributed by atoms with Crippen LogP contribution in [0.3, 0.4) is 0 Å². The lowest BCUT2D eigenvalue weighted by molar-refractivity contribution is -0.132. The van der Waals surface area contributed by atoms with Crippen LogP contribution in [0.2, 0.25) is 0 Å². The molecule has 1 atom stereocenters. The van der Waals surface area contributed by atoms with Crippen molar-refractivity contribution in [2.45, 2.75) is 31.1 Å². The van der Waals surface area contributed by atoms with E-state index in [2.05, 4.69) is 4.72 Å². The maximum atomic E-state index is 12.3. The molecule has 1 aromatic carbocycles. The van der Waals surface area contributed by atoms with Gasteiger partial charge >= 0.3 is 0 Å². The fourth-order valence-electron chi connectivity index (χ4n) is 2.77. The number of sulfonamides is 1. The van der Waals surface area contributed by atoms with Crippen molar-refractivity contribution in [1.29, 1.82) is 0 Å². The Balaban J connectivity index is 1.92. The number of piperidine rings is 1. The van der Waals surface area contributed by atoms with Gasteiger partial charge in [0.05, 0.1) is 4.90 Å². The highest BCUT2D eigenvalue weighted by Gasteiger charge is 2.24. The lowest BCUT2D eigenvalue weighted by Gasteiger charge is -2.32. The fraction of sp³-hybridized carbons (Fsp3) is 0.562. The summed E-state index contributed by atoms with van der Waals surface area (Å²) >= 11 is 0. The van der Waals surface area contributed by atoms with Crippen LogP contribution in [-0.2, 0) is 14.8 Å². The summed E-state index contributed by atoms with van der Waals surface area (Å²) in [4.78, 5) is 14.0. The van der Waals surface area contributed by atoms with E-state index in [-0.39, 0.29) is 16.7 Å². The SMILES string of the molecule is Cc1ccc(S(=O)(=O)NCC2CCCN(C(=O)CCN)C2)cc1. The predicted octanol–water partition coefficient (Wildman–Crippen LogP) is 0.861. The normalized spacial score (nSPS) is 18.9. The lowest BCUT2D eigenvalue weighted by atomic mass is 9.98. The van der Waals surface area contributed by atoms with Gasteiger partial charge in [-0.1, -0.05) is 17.7 Å². The Hall–Kier alpha value is -1.44. The van der Waals surface area contributed by atoms with Gasteiger partial charge in [0, 0.05) is 32.6 Å². The van der Waals surface area contributed by atoms with Crippen molar-refractivity contribution in [1.82, 2.24) is 9.62 Å². The highest BCUT2D eigenvalue weighted by atomic mass is 32.2. The molecule has 2 rings (SSSR count). The number of likely N-dealkylation sites (tertiary alicyclic amines) is 1. The van der Waals surface area contributed by atoms with Gasteiger partial charge in [-0.2, -0.15) is 0 Å². The number of aryl methyl sites for hydroxylation is 1. The Kier molecular flexibility index (Phi) is 6.15. The summed E-state index contributed by atoms with van der Waals surface area (Å²) < 4.78 is 27.3. The Morgan fingerprint density at radius 1 is 1.35 bits per heavy atom. The van der Waals surface area contributed by atoms with E-state index in [1.54, 1.807) is 29.2 Å². The number of amides is 1. The zero-order chi connectivity index (χ0) is 16.9. The zero-order valence-electron chi connectivity index (χ0n) is 13.5. The van der Waals surface area contributed by atoms with E-state index in [0.29, 0.717) is 26.1 Å². The van der Waals surface area contributed by atoms with Crippen molar-refractivity contribution in [2.24, 2.45) is 11.7 Å². The second kappa shape index (κ2) is 7.90. The van der Waals surface area contributed by atoms with Crippen LogP contribution in [0.25, 0.3) is 0 Å². The summed E-state index contributed by atoms with van der Waals surface area (Å²) in [5.74, 6) is 0.198. The first-order valence-corrected chi connectivity index (χ1v) is 9.45. The van der Waals surface area contributed by atoms with Crippen LogP contribution in [0.4, 0.5) is 0 Å². The summed E-state index contributed by atoms with van der Waals surface area (Å²) in [6.45, 7) is 3.94.